The molecular formula is C78H84F6N6O8S2. The molecule has 0 aliphatic carbocycles. The monoisotopic (exact) mass is 1410 g/mol. The van der Waals surface area contributed by atoms with Crippen molar-refractivity contribution < 1.29 is 64.5 Å². The van der Waals surface area contributed by atoms with Gasteiger partial charge in [0.05, 0.1) is 36.6 Å². The van der Waals surface area contributed by atoms with Gasteiger partial charge in [0, 0.05) is 85.0 Å². The predicted molar refractivity (Wildman–Crippen MR) is 372 cm³/mol. The van der Waals surface area contributed by atoms with E-state index in [9.17, 15) is 28.0 Å². The number of alkyl halides is 2. The van der Waals surface area contributed by atoms with Crippen molar-refractivity contribution in [1.82, 2.24) is 29.6 Å². The highest BCUT2D eigenvalue weighted by molar-refractivity contribution is 7.15. The van der Waals surface area contributed by atoms with E-state index in [0.29, 0.717) is 60.3 Å². The fourth-order valence-electron chi connectivity index (χ4n) is 13.6. The van der Waals surface area contributed by atoms with E-state index in [2.05, 4.69) is 0 Å². The van der Waals surface area contributed by atoms with Crippen LogP contribution in [-0.2, 0) is 54.6 Å². The number of likely N-dealkylation sites (tertiary alicyclic amines) is 2. The number of aromatic nitrogens is 2. The zero-order valence-corrected chi connectivity index (χ0v) is 58.6. The summed E-state index contributed by atoms with van der Waals surface area (Å²) in [4.78, 5) is 72.5. The fourth-order valence-corrected chi connectivity index (χ4v) is 15.9. The molecule has 8 aromatic rings. The molecule has 4 fully saturated rings. The Balaban J connectivity index is 0.000000202. The lowest BCUT2D eigenvalue weighted by Crippen LogP contribution is -2.49. The molecule has 4 saturated heterocycles. The van der Waals surface area contributed by atoms with Crippen LogP contribution in [0.15, 0.2) is 158 Å². The summed E-state index contributed by atoms with van der Waals surface area (Å²) >= 11 is 2.51. The van der Waals surface area contributed by atoms with Crippen molar-refractivity contribution in [2.24, 2.45) is 22.7 Å². The van der Waals surface area contributed by atoms with Gasteiger partial charge in [-0.1, -0.05) is 163 Å². The summed E-state index contributed by atoms with van der Waals surface area (Å²) in [7, 11) is 0. The number of hydrogen-bond donors (Lipinski definition) is 0. The molecule has 2 unspecified atom stereocenters. The average Bonchev–Trinajstić information content (AvgIpc) is 1.54. The summed E-state index contributed by atoms with van der Waals surface area (Å²) in [5.41, 5.74) is 3.50. The lowest BCUT2D eigenvalue weighted by atomic mass is 9.81. The van der Waals surface area contributed by atoms with Crippen molar-refractivity contribution >= 4 is 46.7 Å². The Morgan fingerprint density at radius 3 is 1.19 bits per heavy atom. The van der Waals surface area contributed by atoms with Gasteiger partial charge in [-0.3, -0.25) is 9.59 Å². The normalized spacial score (nSPS) is 19.8. The molecule has 12 rings (SSSR count). The van der Waals surface area contributed by atoms with Crippen molar-refractivity contribution in [1.29, 1.82) is 0 Å². The van der Waals surface area contributed by atoms with Gasteiger partial charge in [0.1, 0.15) is 71.0 Å². The van der Waals surface area contributed by atoms with Crippen LogP contribution in [0, 0.1) is 45.9 Å². The second-order valence-corrected chi connectivity index (χ2v) is 30.4. The third-order valence-electron chi connectivity index (χ3n) is 18.5. The number of rotatable bonds is 20. The maximum absolute atomic E-state index is 15.9. The van der Waals surface area contributed by atoms with Crippen LogP contribution in [0.25, 0.3) is 21.1 Å². The number of thiazole rings is 2. The van der Waals surface area contributed by atoms with E-state index in [4.69, 9.17) is 28.9 Å². The van der Waals surface area contributed by atoms with E-state index in [1.54, 1.807) is 9.80 Å². The Hall–Kier alpha value is -8.44. The van der Waals surface area contributed by atoms with E-state index in [1.165, 1.54) is 32.5 Å². The predicted octanol–water partition coefficient (Wildman–Crippen LogP) is 16.8. The Bertz CT molecular complexity index is 3810. The minimum absolute atomic E-state index is 0.00374. The first-order valence-corrected chi connectivity index (χ1v) is 35.6. The number of halogens is 6. The molecule has 528 valence electrons. The highest BCUT2D eigenvalue weighted by Crippen LogP contribution is 2.47. The van der Waals surface area contributed by atoms with Crippen LogP contribution in [-0.4, -0.2) is 131 Å². The van der Waals surface area contributed by atoms with Gasteiger partial charge in [0.2, 0.25) is 0 Å². The zero-order chi connectivity index (χ0) is 70.8. The molecule has 100 heavy (non-hydrogen) atoms. The molecule has 2 aromatic heterocycles. The lowest BCUT2D eigenvalue weighted by molar-refractivity contribution is -0.148. The molecule has 0 N–H and O–H groups in total. The highest BCUT2D eigenvalue weighted by Gasteiger charge is 2.48. The number of amides is 4. The van der Waals surface area contributed by atoms with Crippen LogP contribution in [0.2, 0.25) is 0 Å². The molecule has 0 saturated carbocycles. The molecule has 4 aliphatic heterocycles. The van der Waals surface area contributed by atoms with E-state index < -0.39 is 94.8 Å². The van der Waals surface area contributed by atoms with Gasteiger partial charge >= 0.3 is 12.2 Å². The van der Waals surface area contributed by atoms with Crippen LogP contribution in [0.1, 0.15) is 123 Å². The molecule has 0 spiro atoms. The topological polar surface area (TPSA) is 144 Å². The minimum Gasteiger partial charge on any atom is -0.445 e. The summed E-state index contributed by atoms with van der Waals surface area (Å²) < 4.78 is 114. The second kappa shape index (κ2) is 32.5. The van der Waals surface area contributed by atoms with Crippen molar-refractivity contribution in [3.63, 3.8) is 0 Å². The summed E-state index contributed by atoms with van der Waals surface area (Å²) in [6, 6.07) is 43.1. The van der Waals surface area contributed by atoms with E-state index in [1.807, 2.05) is 163 Å². The number of nitrogens with zero attached hydrogens (tertiary/aromatic N) is 6. The molecule has 22 heteroatoms. The van der Waals surface area contributed by atoms with Crippen LogP contribution in [0.4, 0.5) is 35.9 Å². The first-order chi connectivity index (χ1) is 47.9. The van der Waals surface area contributed by atoms with Crippen molar-refractivity contribution in [3.05, 3.63) is 224 Å². The number of benzene rings is 6. The van der Waals surface area contributed by atoms with Gasteiger partial charge in [-0.15, -0.1) is 22.7 Å². The summed E-state index contributed by atoms with van der Waals surface area (Å²) in [6.45, 7) is 12.7. The fraction of sp³-hybridized carbons (Fsp3) is 0.410. The minimum atomic E-state index is -1.41. The Kier molecular flexibility index (Phi) is 23.6. The number of carbonyl (C=O) groups excluding carboxylic acids is 4. The van der Waals surface area contributed by atoms with Gasteiger partial charge < -0.3 is 38.5 Å². The van der Waals surface area contributed by atoms with Gasteiger partial charge in [-0.05, 0) is 95.2 Å². The van der Waals surface area contributed by atoms with Gasteiger partial charge in [-0.2, -0.15) is 0 Å². The third-order valence-corrected chi connectivity index (χ3v) is 20.7. The first-order valence-electron chi connectivity index (χ1n) is 34.0. The Morgan fingerprint density at radius 1 is 0.510 bits per heavy atom. The Morgan fingerprint density at radius 2 is 0.860 bits per heavy atom. The molecule has 14 nitrogen and oxygen atoms in total. The number of carbonyl (C=O) groups is 4. The van der Waals surface area contributed by atoms with Crippen molar-refractivity contribution in [3.8, 4) is 21.1 Å². The van der Waals surface area contributed by atoms with Crippen LogP contribution < -0.4 is 0 Å². The molecule has 0 bridgehead atoms. The maximum Gasteiger partial charge on any atom is 0.410 e. The number of hydrogen-bond acceptors (Lipinski definition) is 12. The molecule has 4 aliphatic rings. The zero-order valence-electron chi connectivity index (χ0n) is 57.0. The first kappa shape index (κ1) is 72.8. The SMILES string of the molecule is CC(C)(C)[C@H](c1nc(-c2cc(F)ccc2F)sc1Cc1ccccc1)N(C[C@@H]1CN(C(=O)OCc2ccccc2)C[C@@H]1F)C(=O)C1CCCO1.CC(C)(C)[C@H](c1nc(-c2cc(F)ccc2F)sc1Cc1ccccc1)N(C[C@@H]1CN(C(=O)OCc2ccccc2)C[C@@H]1F)C(=O)C1CCCO1. The van der Waals surface area contributed by atoms with Crippen LogP contribution in [0.3, 0.4) is 0 Å². The van der Waals surface area contributed by atoms with Crippen molar-refractivity contribution in [2.45, 2.75) is 130 Å². The second-order valence-electron chi connectivity index (χ2n) is 28.2. The van der Waals surface area contributed by atoms with Gasteiger partial charge in [0.15, 0.2) is 0 Å². The van der Waals surface area contributed by atoms with E-state index in [0.717, 1.165) is 81.2 Å². The summed E-state index contributed by atoms with van der Waals surface area (Å²) in [5.74, 6) is -4.36. The summed E-state index contributed by atoms with van der Waals surface area (Å²) in [6.07, 6.45) is -2.07. The number of ether oxygens (including phenoxy) is 4. The molecule has 4 amide bonds. The lowest BCUT2D eigenvalue weighted by Gasteiger charge is -2.42. The quantitative estimate of drug-likeness (QED) is 0.0676. The molecule has 8 atom stereocenters. The molecule has 0 radical (unpaired) electrons. The Labute approximate surface area is 588 Å². The molecule has 6 aromatic carbocycles. The van der Waals surface area contributed by atoms with Crippen LogP contribution in [0.5, 0.6) is 0 Å². The molecule has 6 heterocycles. The summed E-state index contributed by atoms with van der Waals surface area (Å²) in [5, 5.41) is 0.580. The molecular weight excluding hydrogens is 1330 g/mol. The largest absolute Gasteiger partial charge is 0.445 e. The third kappa shape index (κ3) is 18.0. The van der Waals surface area contributed by atoms with Crippen LogP contribution >= 0.6 is 22.7 Å². The van der Waals surface area contributed by atoms with Gasteiger partial charge in [0.25, 0.3) is 11.8 Å². The maximum atomic E-state index is 15.9. The standard InChI is InChI=1S/2C39H42F3N3O4S/c2*1-39(2,3)35(34-33(19-25-11-6-4-7-12-25)50-36(43-34)29-20-28(40)16-17-30(29)41)45(37(46)32-15-10-18-48-32)22-27-21-44(23-31(27)42)38(47)49-24-26-13-8-5-9-14-26/h2*4-9,11-14,16-17,20,27,31-32,35H,10,15,18-19,21-24H2,1-3H3/t2*27-,31-,32?,35-/m00/s1. The average molecular weight is 1410 g/mol. The van der Waals surface area contributed by atoms with Gasteiger partial charge in [-0.25, -0.2) is 45.9 Å². The van der Waals surface area contributed by atoms with E-state index in [-0.39, 0.29) is 75.4 Å². The van der Waals surface area contributed by atoms with Crippen molar-refractivity contribution in [2.75, 3.05) is 52.5 Å². The highest BCUT2D eigenvalue weighted by atomic mass is 32.1. The van der Waals surface area contributed by atoms with E-state index >= 15 is 17.6 Å². The smallest absolute Gasteiger partial charge is 0.410 e.